The highest BCUT2D eigenvalue weighted by Gasteiger charge is 2.46. The molecule has 2 amide bonds. The van der Waals surface area contributed by atoms with Gasteiger partial charge in [0.05, 0.1) is 32.8 Å². The molecule has 0 radical (unpaired) electrons. The number of hydrogen-bond donors (Lipinski definition) is 3. The van der Waals surface area contributed by atoms with Gasteiger partial charge in [0.2, 0.25) is 11.8 Å². The molecule has 1 saturated heterocycles. The molecule has 0 unspecified atom stereocenters. The molecule has 4 atom stereocenters. The van der Waals surface area contributed by atoms with Crippen LogP contribution in [0.2, 0.25) is 0 Å². The second kappa shape index (κ2) is 11.1. The topological polar surface area (TPSA) is 109 Å². The molecule has 2 heterocycles. The molecule has 3 N–H and O–H groups in total. The summed E-state index contributed by atoms with van der Waals surface area (Å²) in [4.78, 5) is 26.6. The third-order valence-corrected chi connectivity index (χ3v) is 6.30. The van der Waals surface area contributed by atoms with Crippen molar-refractivity contribution in [1.82, 2.24) is 10.2 Å². The summed E-state index contributed by atoms with van der Waals surface area (Å²) in [6.45, 7) is 0.492. The minimum atomic E-state index is -0.535. The van der Waals surface area contributed by atoms with Crippen molar-refractivity contribution >= 4 is 17.5 Å². The van der Waals surface area contributed by atoms with Crippen LogP contribution in [0.5, 0.6) is 11.5 Å². The largest absolute Gasteiger partial charge is 0.497 e. The van der Waals surface area contributed by atoms with Crippen LogP contribution in [-0.2, 0) is 20.9 Å². The third-order valence-electron chi connectivity index (χ3n) is 6.30. The van der Waals surface area contributed by atoms with E-state index < -0.39 is 6.10 Å². The summed E-state index contributed by atoms with van der Waals surface area (Å²) in [6, 6.07) is 13.1. The fourth-order valence-corrected chi connectivity index (χ4v) is 4.68. The molecule has 0 aliphatic carbocycles. The van der Waals surface area contributed by atoms with Gasteiger partial charge in [-0.2, -0.15) is 0 Å². The third kappa shape index (κ3) is 6.11. The minimum absolute atomic E-state index is 0.0408. The number of fused-ring (bicyclic) bond motifs is 3. The quantitative estimate of drug-likeness (QED) is 0.500. The number of hydrogen-bond acceptors (Lipinski definition) is 7. The number of anilines is 1. The Hall–Kier alpha value is -3.14. The first-order chi connectivity index (χ1) is 16.9. The van der Waals surface area contributed by atoms with E-state index in [-0.39, 0.29) is 49.5 Å². The Bertz CT molecular complexity index is 1040. The summed E-state index contributed by atoms with van der Waals surface area (Å²) < 4.78 is 17.3. The molecule has 188 valence electrons. The maximum atomic E-state index is 12.6. The van der Waals surface area contributed by atoms with Gasteiger partial charge >= 0.3 is 0 Å². The van der Waals surface area contributed by atoms with Gasteiger partial charge in [0, 0.05) is 23.7 Å². The van der Waals surface area contributed by atoms with Gasteiger partial charge < -0.3 is 34.9 Å². The van der Waals surface area contributed by atoms with Crippen LogP contribution in [0.1, 0.15) is 29.9 Å². The van der Waals surface area contributed by atoms with E-state index in [9.17, 15) is 14.7 Å². The number of nitrogens with one attached hydrogen (secondary N) is 2. The zero-order chi connectivity index (χ0) is 24.9. The van der Waals surface area contributed by atoms with Crippen LogP contribution in [0.25, 0.3) is 0 Å². The smallest absolute Gasteiger partial charge is 0.238 e. The van der Waals surface area contributed by atoms with Gasteiger partial charge in [-0.05, 0) is 56.4 Å². The van der Waals surface area contributed by atoms with Crippen molar-refractivity contribution in [2.75, 3.05) is 39.7 Å². The fraction of sp³-hybridized carbons (Fsp3) is 0.462. The molecule has 35 heavy (non-hydrogen) atoms. The Balaban J connectivity index is 1.39. The summed E-state index contributed by atoms with van der Waals surface area (Å²) in [5, 5.41) is 15.8. The highest BCUT2D eigenvalue weighted by atomic mass is 16.6. The Labute approximate surface area is 205 Å². The molecule has 0 bridgehead atoms. The maximum absolute atomic E-state index is 12.6. The van der Waals surface area contributed by atoms with Gasteiger partial charge in [-0.3, -0.25) is 9.59 Å². The Kier molecular flexibility index (Phi) is 7.90. The summed E-state index contributed by atoms with van der Waals surface area (Å²) >= 11 is 0. The molecule has 9 nitrogen and oxygen atoms in total. The van der Waals surface area contributed by atoms with Crippen molar-refractivity contribution in [2.24, 2.45) is 0 Å². The van der Waals surface area contributed by atoms with E-state index in [1.165, 1.54) is 0 Å². The number of likely N-dealkylation sites (N-methyl/N-ethyl adjacent to an activating group) is 1. The lowest BCUT2D eigenvalue weighted by molar-refractivity contribution is -0.142. The molecule has 2 aliphatic rings. The zero-order valence-electron chi connectivity index (χ0n) is 20.3. The van der Waals surface area contributed by atoms with Crippen LogP contribution in [0.4, 0.5) is 5.69 Å². The van der Waals surface area contributed by atoms with Crippen LogP contribution in [0.3, 0.4) is 0 Å². The highest BCUT2D eigenvalue weighted by molar-refractivity contribution is 5.92. The van der Waals surface area contributed by atoms with E-state index in [0.717, 1.165) is 22.6 Å². The molecule has 9 heteroatoms. The van der Waals surface area contributed by atoms with E-state index in [0.29, 0.717) is 18.7 Å². The van der Waals surface area contributed by atoms with Gasteiger partial charge in [0.15, 0.2) is 0 Å². The van der Waals surface area contributed by atoms with Crippen molar-refractivity contribution in [3.8, 4) is 11.5 Å². The number of aliphatic hydroxyl groups excluding tert-OH is 1. The fourth-order valence-electron chi connectivity index (χ4n) is 4.68. The normalized spacial score (nSPS) is 22.7. The first-order valence-electron chi connectivity index (χ1n) is 11.8. The monoisotopic (exact) mass is 483 g/mol. The van der Waals surface area contributed by atoms with Crippen molar-refractivity contribution in [3.05, 3.63) is 53.6 Å². The van der Waals surface area contributed by atoms with Crippen molar-refractivity contribution in [3.63, 3.8) is 0 Å². The molecule has 2 aliphatic heterocycles. The lowest BCUT2D eigenvalue weighted by atomic mass is 9.84. The van der Waals surface area contributed by atoms with Crippen LogP contribution in [0.15, 0.2) is 42.5 Å². The summed E-state index contributed by atoms with van der Waals surface area (Å²) in [6.07, 6.45) is -0.455. The maximum Gasteiger partial charge on any atom is 0.238 e. The number of carbonyl (C=O) groups is 2. The van der Waals surface area contributed by atoms with E-state index in [4.69, 9.17) is 14.2 Å². The zero-order valence-corrected chi connectivity index (χ0v) is 20.3. The predicted octanol–water partition coefficient (Wildman–Crippen LogP) is 1.90. The van der Waals surface area contributed by atoms with E-state index in [2.05, 4.69) is 10.6 Å². The van der Waals surface area contributed by atoms with Gasteiger partial charge in [0.25, 0.3) is 0 Å². The second-order valence-corrected chi connectivity index (χ2v) is 9.27. The Morgan fingerprint density at radius 1 is 1.14 bits per heavy atom. The highest BCUT2D eigenvalue weighted by Crippen LogP contribution is 2.47. The van der Waals surface area contributed by atoms with Crippen LogP contribution in [0, 0.1) is 0 Å². The number of aliphatic hydroxyl groups is 1. The van der Waals surface area contributed by atoms with Gasteiger partial charge in [-0.15, -0.1) is 0 Å². The lowest BCUT2D eigenvalue weighted by Gasteiger charge is -2.37. The van der Waals surface area contributed by atoms with Crippen molar-refractivity contribution < 1.29 is 28.9 Å². The molecule has 4 rings (SSSR count). The Morgan fingerprint density at radius 2 is 1.91 bits per heavy atom. The summed E-state index contributed by atoms with van der Waals surface area (Å²) in [5.74, 6) is 1.22. The first-order valence-corrected chi connectivity index (χ1v) is 11.8. The molecular formula is C26H33N3O6. The van der Waals surface area contributed by atoms with Gasteiger partial charge in [-0.1, -0.05) is 12.1 Å². The van der Waals surface area contributed by atoms with E-state index in [1.54, 1.807) is 12.0 Å². The SMILES string of the molecule is COc1ccc(CNC(=O)C[C@H]2C[C@H]3c4cc(NC(=O)CN(C)C)ccc4O[C@H]3[C@H](CO)O2)cc1. The molecule has 0 spiro atoms. The minimum Gasteiger partial charge on any atom is -0.497 e. The lowest BCUT2D eigenvalue weighted by Crippen LogP contribution is -2.47. The van der Waals surface area contributed by atoms with E-state index in [1.807, 2.05) is 56.6 Å². The number of rotatable bonds is 9. The molecule has 2 aromatic rings. The average molecular weight is 484 g/mol. The van der Waals surface area contributed by atoms with Crippen molar-refractivity contribution in [2.45, 2.75) is 43.6 Å². The molecule has 0 saturated carbocycles. The molecule has 1 fully saturated rings. The molecular weight excluding hydrogens is 450 g/mol. The van der Waals surface area contributed by atoms with Gasteiger partial charge in [0.1, 0.15) is 23.7 Å². The average Bonchev–Trinajstić information content (AvgIpc) is 3.20. The number of ether oxygens (including phenoxy) is 3. The van der Waals surface area contributed by atoms with E-state index >= 15 is 0 Å². The van der Waals surface area contributed by atoms with Crippen LogP contribution < -0.4 is 20.1 Å². The number of methoxy groups -OCH3 is 1. The van der Waals surface area contributed by atoms with Crippen molar-refractivity contribution in [1.29, 1.82) is 0 Å². The van der Waals surface area contributed by atoms with Crippen LogP contribution >= 0.6 is 0 Å². The molecule has 0 aromatic heterocycles. The number of nitrogens with zero attached hydrogens (tertiary/aromatic N) is 1. The van der Waals surface area contributed by atoms with Crippen LogP contribution in [-0.4, -0.2) is 74.5 Å². The summed E-state index contributed by atoms with van der Waals surface area (Å²) in [7, 11) is 5.29. The summed E-state index contributed by atoms with van der Waals surface area (Å²) in [5.41, 5.74) is 2.63. The predicted molar refractivity (Wildman–Crippen MR) is 131 cm³/mol. The standard InChI is InChI=1S/C26H33N3O6/c1-29(2)14-25(32)28-17-6-9-22-20(10-17)21-11-19(34-23(15-30)26(21)35-22)12-24(31)27-13-16-4-7-18(33-3)8-5-16/h4-10,19,21,23,26,30H,11-15H2,1-3H3,(H,27,31)(H,28,32)/t19-,21+,23+,26-/m1/s1. The van der Waals surface area contributed by atoms with Gasteiger partial charge in [-0.25, -0.2) is 0 Å². The molecule has 2 aromatic carbocycles. The number of carbonyl (C=O) groups excluding carboxylic acids is 2. The number of amides is 2. The Morgan fingerprint density at radius 3 is 2.60 bits per heavy atom. The first kappa shape index (κ1) is 25.0. The second-order valence-electron chi connectivity index (χ2n) is 9.27. The number of benzene rings is 2.